The van der Waals surface area contributed by atoms with Crippen LogP contribution in [0.4, 0.5) is 24.5 Å². The highest BCUT2D eigenvalue weighted by atomic mass is 19.4. The Morgan fingerprint density at radius 1 is 1.00 bits per heavy atom. The van der Waals surface area contributed by atoms with Gasteiger partial charge in [0, 0.05) is 19.6 Å². The SMILES string of the molecule is CNC[C@H](O)[C@H](c1ccccc1)N1CCN(CC(F)(F)F)c2ccccc21. The van der Waals surface area contributed by atoms with Gasteiger partial charge in [-0.3, -0.25) is 0 Å². The first-order valence-corrected chi connectivity index (χ1v) is 8.95. The van der Waals surface area contributed by atoms with Crippen molar-refractivity contribution < 1.29 is 18.3 Å². The number of rotatable bonds is 6. The van der Waals surface area contributed by atoms with E-state index in [4.69, 9.17) is 0 Å². The summed E-state index contributed by atoms with van der Waals surface area (Å²) in [5.74, 6) is 0. The summed E-state index contributed by atoms with van der Waals surface area (Å²) in [5.41, 5.74) is 2.18. The highest BCUT2D eigenvalue weighted by Gasteiger charge is 2.37. The molecule has 0 aliphatic carbocycles. The molecule has 0 unspecified atom stereocenters. The molecule has 0 aromatic heterocycles. The molecule has 3 rings (SSSR count). The third kappa shape index (κ3) is 4.54. The molecule has 146 valence electrons. The molecule has 0 saturated carbocycles. The Kier molecular flexibility index (Phi) is 5.92. The van der Waals surface area contributed by atoms with Crippen LogP contribution in [0.2, 0.25) is 0 Å². The van der Waals surface area contributed by atoms with Crippen LogP contribution in [0.1, 0.15) is 11.6 Å². The third-order valence-electron chi connectivity index (χ3n) is 4.77. The number of hydrogen-bond acceptors (Lipinski definition) is 4. The number of aliphatic hydroxyl groups is 1. The largest absolute Gasteiger partial charge is 0.405 e. The Balaban J connectivity index is 1.99. The number of likely N-dealkylation sites (N-methyl/N-ethyl adjacent to an activating group) is 1. The van der Waals surface area contributed by atoms with Crippen molar-refractivity contribution in [1.82, 2.24) is 5.32 Å². The van der Waals surface area contributed by atoms with Crippen molar-refractivity contribution in [3.8, 4) is 0 Å². The predicted octanol–water partition coefficient (Wildman–Crippen LogP) is 3.20. The van der Waals surface area contributed by atoms with Gasteiger partial charge in [0.25, 0.3) is 0 Å². The maximum Gasteiger partial charge on any atom is 0.405 e. The van der Waals surface area contributed by atoms with E-state index in [-0.39, 0.29) is 12.6 Å². The average Bonchev–Trinajstić information content (AvgIpc) is 2.64. The number of benzene rings is 2. The molecule has 2 aromatic carbocycles. The molecule has 0 saturated heterocycles. The number of fused-ring (bicyclic) bond motifs is 1. The molecule has 0 spiro atoms. The molecular weight excluding hydrogens is 355 g/mol. The van der Waals surface area contributed by atoms with E-state index in [0.29, 0.717) is 24.5 Å². The molecular formula is C20H24F3N3O. The molecule has 1 aliphatic rings. The first-order valence-electron chi connectivity index (χ1n) is 8.95. The molecule has 4 nitrogen and oxygen atoms in total. The van der Waals surface area contributed by atoms with Crippen molar-refractivity contribution in [2.24, 2.45) is 0 Å². The van der Waals surface area contributed by atoms with E-state index in [2.05, 4.69) is 5.32 Å². The van der Waals surface area contributed by atoms with E-state index < -0.39 is 18.8 Å². The molecule has 2 aromatic rings. The lowest BCUT2D eigenvalue weighted by atomic mass is 9.97. The van der Waals surface area contributed by atoms with Crippen LogP contribution in [0, 0.1) is 0 Å². The van der Waals surface area contributed by atoms with Crippen molar-refractivity contribution in [3.63, 3.8) is 0 Å². The number of alkyl halides is 3. The van der Waals surface area contributed by atoms with Gasteiger partial charge < -0.3 is 20.2 Å². The van der Waals surface area contributed by atoms with Crippen LogP contribution in [-0.2, 0) is 0 Å². The maximum atomic E-state index is 13.0. The first kappa shape index (κ1) is 19.5. The van der Waals surface area contributed by atoms with Gasteiger partial charge in [0.15, 0.2) is 0 Å². The van der Waals surface area contributed by atoms with Gasteiger partial charge in [-0.15, -0.1) is 0 Å². The smallest absolute Gasteiger partial charge is 0.389 e. The Morgan fingerprint density at radius 2 is 1.63 bits per heavy atom. The van der Waals surface area contributed by atoms with E-state index in [1.54, 1.807) is 19.2 Å². The zero-order valence-electron chi connectivity index (χ0n) is 15.2. The Hall–Kier alpha value is -2.25. The summed E-state index contributed by atoms with van der Waals surface area (Å²) in [5, 5.41) is 13.8. The first-order chi connectivity index (χ1) is 12.9. The second-order valence-corrected chi connectivity index (χ2v) is 6.70. The van der Waals surface area contributed by atoms with Crippen LogP contribution in [0.3, 0.4) is 0 Å². The van der Waals surface area contributed by atoms with Crippen molar-refractivity contribution >= 4 is 11.4 Å². The summed E-state index contributed by atoms with van der Waals surface area (Å²) in [6.07, 6.45) is -4.97. The second kappa shape index (κ2) is 8.19. The second-order valence-electron chi connectivity index (χ2n) is 6.70. The van der Waals surface area contributed by atoms with Crippen LogP contribution < -0.4 is 15.1 Å². The molecule has 0 radical (unpaired) electrons. The fraction of sp³-hybridized carbons (Fsp3) is 0.400. The maximum absolute atomic E-state index is 13.0. The van der Waals surface area contributed by atoms with Gasteiger partial charge in [-0.2, -0.15) is 13.2 Å². The molecule has 0 fully saturated rings. The van der Waals surface area contributed by atoms with Crippen LogP contribution >= 0.6 is 0 Å². The molecule has 7 heteroatoms. The van der Waals surface area contributed by atoms with E-state index in [0.717, 1.165) is 5.56 Å². The van der Waals surface area contributed by atoms with Crippen LogP contribution in [0.15, 0.2) is 54.6 Å². The monoisotopic (exact) mass is 379 g/mol. The fourth-order valence-corrected chi connectivity index (χ4v) is 3.69. The Labute approximate surface area is 157 Å². The normalized spacial score (nSPS) is 16.8. The van der Waals surface area contributed by atoms with Gasteiger partial charge in [-0.1, -0.05) is 42.5 Å². The molecule has 2 atom stereocenters. The third-order valence-corrected chi connectivity index (χ3v) is 4.77. The van der Waals surface area contributed by atoms with Crippen molar-refractivity contribution in [2.75, 3.05) is 43.0 Å². The van der Waals surface area contributed by atoms with E-state index in [1.165, 1.54) is 4.90 Å². The van der Waals surface area contributed by atoms with E-state index in [9.17, 15) is 18.3 Å². The predicted molar refractivity (Wildman–Crippen MR) is 101 cm³/mol. The average molecular weight is 379 g/mol. The Bertz CT molecular complexity index is 739. The van der Waals surface area contributed by atoms with Crippen molar-refractivity contribution in [2.45, 2.75) is 18.3 Å². The minimum absolute atomic E-state index is 0.242. The van der Waals surface area contributed by atoms with Crippen LogP contribution in [0.25, 0.3) is 0 Å². The zero-order valence-corrected chi connectivity index (χ0v) is 15.2. The number of aliphatic hydroxyl groups excluding tert-OH is 1. The lowest BCUT2D eigenvalue weighted by Crippen LogP contribution is -2.49. The minimum Gasteiger partial charge on any atom is -0.389 e. The van der Waals surface area contributed by atoms with Gasteiger partial charge in [0.2, 0.25) is 0 Å². The summed E-state index contributed by atoms with van der Waals surface area (Å²) >= 11 is 0. The number of para-hydroxylation sites is 2. The van der Waals surface area contributed by atoms with Crippen molar-refractivity contribution in [3.05, 3.63) is 60.2 Å². The standard InChI is InChI=1S/C20H24F3N3O/c1-24-13-18(27)19(15-7-3-2-4-8-15)26-12-11-25(14-20(21,22)23)16-9-5-6-10-17(16)26/h2-10,18-19,24,27H,11-14H2,1H3/t18-,19-/m0/s1. The van der Waals surface area contributed by atoms with Crippen LogP contribution in [-0.4, -0.2) is 50.6 Å². The zero-order chi connectivity index (χ0) is 19.4. The highest BCUT2D eigenvalue weighted by Crippen LogP contribution is 2.40. The summed E-state index contributed by atoms with van der Waals surface area (Å²) < 4.78 is 38.9. The highest BCUT2D eigenvalue weighted by molar-refractivity contribution is 5.74. The number of anilines is 2. The topological polar surface area (TPSA) is 38.7 Å². The lowest BCUT2D eigenvalue weighted by Gasteiger charge is -2.44. The molecule has 1 aliphatic heterocycles. The van der Waals surface area contributed by atoms with Crippen LogP contribution in [0.5, 0.6) is 0 Å². The Morgan fingerprint density at radius 3 is 2.26 bits per heavy atom. The molecule has 0 amide bonds. The molecule has 1 heterocycles. The number of nitrogens with zero attached hydrogens (tertiary/aromatic N) is 2. The van der Waals surface area contributed by atoms with E-state index in [1.807, 2.05) is 47.4 Å². The quantitative estimate of drug-likeness (QED) is 0.809. The molecule has 27 heavy (non-hydrogen) atoms. The fourth-order valence-electron chi connectivity index (χ4n) is 3.69. The molecule has 2 N–H and O–H groups in total. The van der Waals surface area contributed by atoms with Crippen molar-refractivity contribution in [1.29, 1.82) is 0 Å². The lowest BCUT2D eigenvalue weighted by molar-refractivity contribution is -0.119. The number of nitrogens with one attached hydrogen (secondary N) is 1. The van der Waals surface area contributed by atoms with Gasteiger partial charge >= 0.3 is 6.18 Å². The number of halogens is 3. The van der Waals surface area contributed by atoms with Gasteiger partial charge in [0.1, 0.15) is 6.54 Å². The van der Waals surface area contributed by atoms with Gasteiger partial charge in [-0.25, -0.2) is 0 Å². The van der Waals surface area contributed by atoms with Gasteiger partial charge in [-0.05, 0) is 24.7 Å². The summed E-state index contributed by atoms with van der Waals surface area (Å²) in [4.78, 5) is 3.37. The number of hydrogen-bond donors (Lipinski definition) is 2. The summed E-state index contributed by atoms with van der Waals surface area (Å²) in [6.45, 7) is 0.0387. The minimum atomic E-state index is -4.26. The summed E-state index contributed by atoms with van der Waals surface area (Å²) in [6, 6.07) is 16.3. The van der Waals surface area contributed by atoms with E-state index >= 15 is 0 Å². The summed E-state index contributed by atoms with van der Waals surface area (Å²) in [7, 11) is 1.76. The van der Waals surface area contributed by atoms with Gasteiger partial charge in [0.05, 0.1) is 23.5 Å². The molecule has 0 bridgehead atoms.